The molecule has 1 rings (SSSR count). The molecule has 4 N–H and O–H groups in total. The highest BCUT2D eigenvalue weighted by molar-refractivity contribution is 5.34. The Bertz CT molecular complexity index is 342. The van der Waals surface area contributed by atoms with Gasteiger partial charge in [-0.05, 0) is 13.8 Å². The molecule has 0 aliphatic carbocycles. The second-order valence-electron chi connectivity index (χ2n) is 3.67. The molecule has 0 spiro atoms. The first kappa shape index (κ1) is 11.4. The molecule has 0 aliphatic rings. The molecule has 0 unspecified atom stereocenters. The number of aliphatic hydroxyl groups is 1. The summed E-state index contributed by atoms with van der Waals surface area (Å²) in [5, 5.41) is 12.0. The van der Waals surface area contributed by atoms with Gasteiger partial charge < -0.3 is 20.9 Å². The smallest absolute Gasteiger partial charge is 0.322 e. The van der Waals surface area contributed by atoms with Crippen molar-refractivity contribution in [2.75, 3.05) is 24.8 Å². The highest BCUT2D eigenvalue weighted by Gasteiger charge is 2.18. The Labute approximate surface area is 87.7 Å². The van der Waals surface area contributed by atoms with Gasteiger partial charge in [0, 0.05) is 0 Å². The fourth-order valence-corrected chi connectivity index (χ4v) is 0.861. The van der Waals surface area contributed by atoms with Crippen LogP contribution in [0.5, 0.6) is 6.01 Å². The van der Waals surface area contributed by atoms with Gasteiger partial charge in [0.25, 0.3) is 0 Å². The third-order valence-electron chi connectivity index (χ3n) is 1.66. The zero-order valence-electron chi connectivity index (χ0n) is 8.98. The first-order valence-corrected chi connectivity index (χ1v) is 4.41. The van der Waals surface area contributed by atoms with Crippen LogP contribution in [-0.4, -0.2) is 39.3 Å². The average molecular weight is 213 g/mol. The van der Waals surface area contributed by atoms with Crippen LogP contribution in [-0.2, 0) is 0 Å². The van der Waals surface area contributed by atoms with Crippen LogP contribution >= 0.6 is 0 Å². The van der Waals surface area contributed by atoms with Crippen LogP contribution in [0.15, 0.2) is 0 Å². The third kappa shape index (κ3) is 3.21. The maximum atomic E-state index is 9.05. The lowest BCUT2D eigenvalue weighted by Gasteiger charge is -2.23. The van der Waals surface area contributed by atoms with Gasteiger partial charge in [0.15, 0.2) is 0 Å². The molecule has 15 heavy (non-hydrogen) atoms. The van der Waals surface area contributed by atoms with E-state index in [9.17, 15) is 0 Å². The molecule has 1 heterocycles. The summed E-state index contributed by atoms with van der Waals surface area (Å²) in [6.07, 6.45) is 0. The van der Waals surface area contributed by atoms with Gasteiger partial charge in [-0.25, -0.2) is 0 Å². The number of nitrogen functional groups attached to an aromatic ring is 1. The van der Waals surface area contributed by atoms with E-state index in [-0.39, 0.29) is 24.5 Å². The summed E-state index contributed by atoms with van der Waals surface area (Å²) in [5.41, 5.74) is 4.92. The van der Waals surface area contributed by atoms with Crippen LogP contribution in [0, 0.1) is 0 Å². The monoisotopic (exact) mass is 213 g/mol. The van der Waals surface area contributed by atoms with E-state index < -0.39 is 5.54 Å². The van der Waals surface area contributed by atoms with Gasteiger partial charge in [-0.1, -0.05) is 0 Å². The summed E-state index contributed by atoms with van der Waals surface area (Å²) in [7, 11) is 1.44. The fraction of sp³-hybridized carbons (Fsp3) is 0.625. The van der Waals surface area contributed by atoms with Gasteiger partial charge in [0.2, 0.25) is 11.9 Å². The van der Waals surface area contributed by atoms with Crippen LogP contribution in [0.25, 0.3) is 0 Å². The number of methoxy groups -OCH3 is 1. The topological polar surface area (TPSA) is 106 Å². The molecule has 1 aromatic heterocycles. The summed E-state index contributed by atoms with van der Waals surface area (Å²) >= 11 is 0. The van der Waals surface area contributed by atoms with Crippen LogP contribution in [0.4, 0.5) is 11.9 Å². The highest BCUT2D eigenvalue weighted by atomic mass is 16.5. The first-order chi connectivity index (χ1) is 6.96. The third-order valence-corrected chi connectivity index (χ3v) is 1.66. The van der Waals surface area contributed by atoms with Crippen LogP contribution < -0.4 is 15.8 Å². The van der Waals surface area contributed by atoms with E-state index in [0.717, 1.165) is 0 Å². The van der Waals surface area contributed by atoms with Crippen molar-refractivity contribution in [1.29, 1.82) is 0 Å². The number of aliphatic hydroxyl groups excluding tert-OH is 1. The SMILES string of the molecule is COc1nc(N)nc(NC(C)(C)CO)n1. The Morgan fingerprint density at radius 3 is 2.60 bits per heavy atom. The zero-order valence-corrected chi connectivity index (χ0v) is 8.98. The van der Waals surface area contributed by atoms with E-state index in [1.807, 2.05) is 0 Å². The van der Waals surface area contributed by atoms with Crippen LogP contribution in [0.1, 0.15) is 13.8 Å². The number of rotatable bonds is 4. The van der Waals surface area contributed by atoms with E-state index in [0.29, 0.717) is 0 Å². The predicted octanol–water partition coefficient (Wildman–Crippen LogP) is -0.355. The van der Waals surface area contributed by atoms with Gasteiger partial charge in [-0.15, -0.1) is 0 Å². The van der Waals surface area contributed by atoms with Crippen molar-refractivity contribution >= 4 is 11.9 Å². The lowest BCUT2D eigenvalue weighted by molar-refractivity contribution is 0.233. The van der Waals surface area contributed by atoms with Crippen molar-refractivity contribution in [2.24, 2.45) is 0 Å². The number of hydrogen-bond donors (Lipinski definition) is 3. The Morgan fingerprint density at radius 2 is 2.07 bits per heavy atom. The van der Waals surface area contributed by atoms with Gasteiger partial charge in [-0.3, -0.25) is 0 Å². The molecule has 0 saturated carbocycles. The summed E-state index contributed by atoms with van der Waals surface area (Å²) in [5.74, 6) is 0.344. The Hall–Kier alpha value is -1.63. The molecule has 0 saturated heterocycles. The van der Waals surface area contributed by atoms with Gasteiger partial charge in [-0.2, -0.15) is 15.0 Å². The molecule has 7 heteroatoms. The first-order valence-electron chi connectivity index (χ1n) is 4.41. The van der Waals surface area contributed by atoms with Gasteiger partial charge in [0.1, 0.15) is 0 Å². The Morgan fingerprint density at radius 1 is 1.40 bits per heavy atom. The number of nitrogens with one attached hydrogen (secondary N) is 1. The standard InChI is InChI=1S/C8H15N5O2/c1-8(2,4-14)13-6-10-5(9)11-7(12-6)15-3/h14H,4H2,1-3H3,(H3,9,10,11,12,13). The van der Waals surface area contributed by atoms with Crippen LogP contribution in [0.3, 0.4) is 0 Å². The normalized spacial score (nSPS) is 11.2. The van der Waals surface area contributed by atoms with Crippen LogP contribution in [0.2, 0.25) is 0 Å². The van der Waals surface area contributed by atoms with Crippen molar-refractivity contribution in [3.63, 3.8) is 0 Å². The molecule has 7 nitrogen and oxygen atoms in total. The van der Waals surface area contributed by atoms with Crippen molar-refractivity contribution in [1.82, 2.24) is 15.0 Å². The lowest BCUT2D eigenvalue weighted by atomic mass is 10.1. The number of nitrogens with two attached hydrogens (primary N) is 1. The molecule has 0 amide bonds. The van der Waals surface area contributed by atoms with E-state index >= 15 is 0 Å². The predicted molar refractivity (Wildman–Crippen MR) is 55.6 cm³/mol. The van der Waals surface area contributed by atoms with E-state index in [1.165, 1.54) is 7.11 Å². The number of anilines is 2. The van der Waals surface area contributed by atoms with Crippen molar-refractivity contribution in [2.45, 2.75) is 19.4 Å². The quantitative estimate of drug-likeness (QED) is 0.627. The molecule has 0 fully saturated rings. The number of hydrogen-bond acceptors (Lipinski definition) is 7. The summed E-state index contributed by atoms with van der Waals surface area (Å²) in [6, 6.07) is 0.138. The van der Waals surface area contributed by atoms with E-state index in [4.69, 9.17) is 15.6 Å². The highest BCUT2D eigenvalue weighted by Crippen LogP contribution is 2.13. The molecule has 0 aliphatic heterocycles. The van der Waals surface area contributed by atoms with E-state index in [1.54, 1.807) is 13.8 Å². The maximum absolute atomic E-state index is 9.05. The van der Waals surface area contributed by atoms with Crippen molar-refractivity contribution < 1.29 is 9.84 Å². The van der Waals surface area contributed by atoms with Crippen molar-refractivity contribution in [3.05, 3.63) is 0 Å². The number of nitrogens with zero attached hydrogens (tertiary/aromatic N) is 3. The number of ether oxygens (including phenoxy) is 1. The number of aromatic nitrogens is 3. The molecular formula is C8H15N5O2. The second kappa shape index (κ2) is 4.26. The summed E-state index contributed by atoms with van der Waals surface area (Å²) in [4.78, 5) is 11.5. The second-order valence-corrected chi connectivity index (χ2v) is 3.67. The average Bonchev–Trinajstić information content (AvgIpc) is 2.16. The minimum atomic E-state index is -0.529. The summed E-state index contributed by atoms with van der Waals surface area (Å²) in [6.45, 7) is 3.56. The van der Waals surface area contributed by atoms with E-state index in [2.05, 4.69) is 20.3 Å². The summed E-state index contributed by atoms with van der Waals surface area (Å²) < 4.78 is 4.84. The molecule has 0 radical (unpaired) electrons. The minimum Gasteiger partial charge on any atom is -0.467 e. The largest absolute Gasteiger partial charge is 0.467 e. The minimum absolute atomic E-state index is 0.0547. The lowest BCUT2D eigenvalue weighted by Crippen LogP contribution is -2.35. The molecule has 0 bridgehead atoms. The van der Waals surface area contributed by atoms with Gasteiger partial charge in [0.05, 0.1) is 19.3 Å². The Kier molecular flexibility index (Phi) is 3.25. The molecular weight excluding hydrogens is 198 g/mol. The molecule has 0 atom stereocenters. The van der Waals surface area contributed by atoms with Crippen molar-refractivity contribution in [3.8, 4) is 6.01 Å². The maximum Gasteiger partial charge on any atom is 0.322 e. The fourth-order valence-electron chi connectivity index (χ4n) is 0.861. The van der Waals surface area contributed by atoms with Gasteiger partial charge >= 0.3 is 6.01 Å². The molecule has 1 aromatic rings. The zero-order chi connectivity index (χ0) is 11.5. The molecule has 0 aromatic carbocycles. The molecule has 84 valence electrons. The Balaban J connectivity index is 2.90.